The van der Waals surface area contributed by atoms with Crippen molar-refractivity contribution in [1.29, 1.82) is 0 Å². The number of sulfone groups is 2. The van der Waals surface area contributed by atoms with Crippen LogP contribution < -0.4 is 10.7 Å². The molecule has 0 bridgehead atoms. The van der Waals surface area contributed by atoms with E-state index >= 15 is 0 Å². The summed E-state index contributed by atoms with van der Waals surface area (Å²) in [7, 11) is -8.20. The normalized spacial score (nSPS) is 11.6. The average Bonchev–Trinajstić information content (AvgIpc) is 2.47. The molecule has 0 aromatic heterocycles. The average molecular weight is 375 g/mol. The van der Waals surface area contributed by atoms with Gasteiger partial charge in [-0.3, -0.25) is 0 Å². The maximum atomic E-state index is 12.1. The third-order valence-electron chi connectivity index (χ3n) is 2.76. The van der Waals surface area contributed by atoms with Gasteiger partial charge in [-0.25, -0.2) is 27.1 Å². The highest BCUT2D eigenvalue weighted by Crippen LogP contribution is 2.08. The molecular weight excluding hydrogens is 354 g/mol. The highest BCUT2D eigenvalue weighted by molar-refractivity contribution is 8.31. The Morgan fingerprint density at radius 1 is 0.958 bits per heavy atom. The van der Waals surface area contributed by atoms with Crippen LogP contribution in [0.3, 0.4) is 0 Å². The molecule has 0 radical (unpaired) electrons. The summed E-state index contributed by atoms with van der Waals surface area (Å²) < 4.78 is 47.6. The summed E-state index contributed by atoms with van der Waals surface area (Å²) in [5.41, 5.74) is 2.40. The van der Waals surface area contributed by atoms with Crippen molar-refractivity contribution in [3.63, 3.8) is 0 Å². The minimum atomic E-state index is -4.10. The standard InChI is InChI=1S/C14H21N3O5S2/c1-3-10-23(19,20)14(24(21,22)11-4-2)17-16-13(18)15-12-8-6-5-7-9-12/h5-9H,3-4,10-11H2,1-2H3,(H2,15,16,18). The molecule has 1 aromatic rings. The van der Waals surface area contributed by atoms with E-state index in [9.17, 15) is 21.6 Å². The van der Waals surface area contributed by atoms with Gasteiger partial charge in [0.05, 0.1) is 11.5 Å². The first-order valence-corrected chi connectivity index (χ1v) is 10.7. The van der Waals surface area contributed by atoms with Crippen molar-refractivity contribution >= 4 is 35.8 Å². The highest BCUT2D eigenvalue weighted by Gasteiger charge is 2.32. The minimum absolute atomic E-state index is 0.235. The topological polar surface area (TPSA) is 122 Å². The summed E-state index contributed by atoms with van der Waals surface area (Å²) in [5.74, 6) is -0.729. The summed E-state index contributed by atoms with van der Waals surface area (Å²) in [4.78, 5) is 11.8. The molecule has 10 heteroatoms. The largest absolute Gasteiger partial charge is 0.339 e. The van der Waals surface area contributed by atoms with Crippen molar-refractivity contribution in [2.75, 3.05) is 16.8 Å². The van der Waals surface area contributed by atoms with Crippen LogP contribution in [0.4, 0.5) is 10.5 Å². The number of benzene rings is 1. The van der Waals surface area contributed by atoms with E-state index < -0.39 is 30.1 Å². The van der Waals surface area contributed by atoms with Gasteiger partial charge in [0.15, 0.2) is 0 Å². The van der Waals surface area contributed by atoms with Gasteiger partial charge < -0.3 is 5.32 Å². The fourth-order valence-corrected chi connectivity index (χ4v) is 5.66. The Hall–Kier alpha value is -1.94. The maximum absolute atomic E-state index is 12.1. The molecule has 0 spiro atoms. The molecule has 134 valence electrons. The number of hydrazone groups is 1. The Kier molecular flexibility index (Phi) is 7.36. The zero-order valence-electron chi connectivity index (χ0n) is 13.5. The summed E-state index contributed by atoms with van der Waals surface area (Å²) in [6.45, 7) is 3.22. The Morgan fingerprint density at radius 3 is 1.92 bits per heavy atom. The number of hydrogen-bond donors (Lipinski definition) is 2. The number of hydrogen-bond acceptors (Lipinski definition) is 6. The van der Waals surface area contributed by atoms with E-state index in [-0.39, 0.29) is 24.3 Å². The van der Waals surface area contributed by atoms with Gasteiger partial charge in [0.2, 0.25) is 19.7 Å². The Balaban J connectivity index is 3.03. The molecule has 0 unspecified atom stereocenters. The predicted molar refractivity (Wildman–Crippen MR) is 94.2 cm³/mol. The number of para-hydroxylation sites is 1. The second-order valence-corrected chi connectivity index (χ2v) is 9.25. The van der Waals surface area contributed by atoms with E-state index in [2.05, 4.69) is 10.4 Å². The third kappa shape index (κ3) is 5.93. The smallest absolute Gasteiger partial charge is 0.307 e. The maximum Gasteiger partial charge on any atom is 0.339 e. The molecule has 8 nitrogen and oxygen atoms in total. The molecule has 2 N–H and O–H groups in total. The number of carbonyl (C=O) groups is 1. The number of anilines is 1. The van der Waals surface area contributed by atoms with Crippen LogP contribution in [0.25, 0.3) is 0 Å². The molecule has 24 heavy (non-hydrogen) atoms. The minimum Gasteiger partial charge on any atom is -0.307 e. The highest BCUT2D eigenvalue weighted by atomic mass is 32.3. The van der Waals surface area contributed by atoms with Crippen LogP contribution in [0.5, 0.6) is 0 Å². The van der Waals surface area contributed by atoms with E-state index in [1.807, 2.05) is 5.43 Å². The number of nitrogens with zero attached hydrogens (tertiary/aromatic N) is 1. The van der Waals surface area contributed by atoms with Crippen LogP contribution in [0.2, 0.25) is 0 Å². The van der Waals surface area contributed by atoms with E-state index in [1.54, 1.807) is 44.2 Å². The van der Waals surface area contributed by atoms with Crippen molar-refractivity contribution in [2.24, 2.45) is 5.10 Å². The Morgan fingerprint density at radius 2 is 1.46 bits per heavy atom. The Bertz CT molecular complexity index is 749. The molecule has 2 amide bonds. The van der Waals surface area contributed by atoms with Crippen molar-refractivity contribution < 1.29 is 21.6 Å². The van der Waals surface area contributed by atoms with Gasteiger partial charge in [0.25, 0.3) is 4.38 Å². The molecule has 0 aliphatic rings. The molecule has 0 aliphatic heterocycles. The number of nitrogens with one attached hydrogen (secondary N) is 2. The van der Waals surface area contributed by atoms with Gasteiger partial charge in [-0.15, -0.1) is 5.10 Å². The van der Waals surface area contributed by atoms with Crippen LogP contribution in [0.15, 0.2) is 35.4 Å². The molecule has 1 rings (SSSR count). The lowest BCUT2D eigenvalue weighted by molar-refractivity contribution is 0.252. The zero-order valence-corrected chi connectivity index (χ0v) is 15.2. The molecule has 0 saturated heterocycles. The summed E-state index contributed by atoms with van der Waals surface area (Å²) in [5, 5.41) is 5.80. The van der Waals surface area contributed by atoms with Gasteiger partial charge >= 0.3 is 6.03 Å². The van der Waals surface area contributed by atoms with E-state index in [0.717, 1.165) is 0 Å². The Labute approximate surface area is 142 Å². The van der Waals surface area contributed by atoms with Crippen LogP contribution in [0, 0.1) is 0 Å². The van der Waals surface area contributed by atoms with Gasteiger partial charge in [0, 0.05) is 5.69 Å². The third-order valence-corrected chi connectivity index (χ3v) is 7.42. The second-order valence-electron chi connectivity index (χ2n) is 4.95. The monoisotopic (exact) mass is 375 g/mol. The molecule has 1 aromatic carbocycles. The number of urea groups is 1. The van der Waals surface area contributed by atoms with Crippen LogP contribution in [-0.2, 0) is 19.7 Å². The molecular formula is C14H21N3O5S2. The first-order valence-electron chi connectivity index (χ1n) is 7.38. The molecule has 0 atom stereocenters. The summed E-state index contributed by atoms with van der Waals surface area (Å²) >= 11 is 0. The molecule has 0 heterocycles. The molecule has 0 saturated carbocycles. The lowest BCUT2D eigenvalue weighted by Crippen LogP contribution is -2.33. The van der Waals surface area contributed by atoms with E-state index in [4.69, 9.17) is 0 Å². The second kappa shape index (κ2) is 8.78. The van der Waals surface area contributed by atoms with Gasteiger partial charge in [-0.2, -0.15) is 0 Å². The van der Waals surface area contributed by atoms with Crippen molar-refractivity contribution in [3.05, 3.63) is 30.3 Å². The fourth-order valence-electron chi connectivity index (χ4n) is 1.82. The quantitative estimate of drug-likeness (QED) is 0.445. The van der Waals surface area contributed by atoms with Crippen LogP contribution in [0.1, 0.15) is 26.7 Å². The summed E-state index contributed by atoms with van der Waals surface area (Å²) in [6.07, 6.45) is 0.471. The van der Waals surface area contributed by atoms with E-state index in [1.165, 1.54) is 0 Å². The lowest BCUT2D eigenvalue weighted by Gasteiger charge is -2.09. The van der Waals surface area contributed by atoms with Crippen LogP contribution >= 0.6 is 0 Å². The van der Waals surface area contributed by atoms with Crippen molar-refractivity contribution in [1.82, 2.24) is 5.43 Å². The van der Waals surface area contributed by atoms with Gasteiger partial charge in [-0.1, -0.05) is 32.0 Å². The number of amides is 2. The van der Waals surface area contributed by atoms with Gasteiger partial charge in [-0.05, 0) is 25.0 Å². The predicted octanol–water partition coefficient (Wildman–Crippen LogP) is 1.73. The summed E-state index contributed by atoms with van der Waals surface area (Å²) in [6, 6.07) is 7.55. The first kappa shape index (κ1) is 20.1. The molecule has 0 fully saturated rings. The lowest BCUT2D eigenvalue weighted by atomic mass is 10.3. The first-order chi connectivity index (χ1) is 11.2. The van der Waals surface area contributed by atoms with Crippen molar-refractivity contribution in [3.8, 4) is 0 Å². The van der Waals surface area contributed by atoms with Crippen LogP contribution in [-0.4, -0.2) is 38.7 Å². The van der Waals surface area contributed by atoms with Gasteiger partial charge in [0.1, 0.15) is 0 Å². The van der Waals surface area contributed by atoms with E-state index in [0.29, 0.717) is 5.69 Å². The zero-order chi connectivity index (χ0) is 18.2. The van der Waals surface area contributed by atoms with Crippen molar-refractivity contribution in [2.45, 2.75) is 26.7 Å². The molecule has 0 aliphatic carbocycles. The number of rotatable bonds is 6. The number of carbonyl (C=O) groups excluding carboxylic acids is 1. The SMILES string of the molecule is CCCS(=O)(=O)C(=NNC(=O)Nc1ccccc1)S(=O)(=O)CCC. The fraction of sp³-hybridized carbons (Fsp3) is 0.429.